The molecular formula is C24H29ClN2O5S. The van der Waals surface area contributed by atoms with Gasteiger partial charge in [0.05, 0.1) is 24.3 Å². The predicted octanol–water partition coefficient (Wildman–Crippen LogP) is 4.41. The summed E-state index contributed by atoms with van der Waals surface area (Å²) in [7, 11) is -3.75. The van der Waals surface area contributed by atoms with Crippen LogP contribution in [0.1, 0.15) is 55.1 Å². The number of fused-ring (bicyclic) bond motifs is 1. The zero-order valence-corrected chi connectivity index (χ0v) is 20.4. The van der Waals surface area contributed by atoms with Crippen molar-refractivity contribution in [3.63, 3.8) is 0 Å². The Morgan fingerprint density at radius 3 is 2.39 bits per heavy atom. The first-order valence-corrected chi connectivity index (χ1v) is 13.1. The number of nitrogens with one attached hydrogen (secondary N) is 1. The van der Waals surface area contributed by atoms with Gasteiger partial charge in [-0.05, 0) is 54.7 Å². The number of halogens is 1. The lowest BCUT2D eigenvalue weighted by Gasteiger charge is -2.24. The number of benzene rings is 2. The van der Waals surface area contributed by atoms with Crippen molar-refractivity contribution < 1.29 is 22.7 Å². The lowest BCUT2D eigenvalue weighted by atomic mass is 9.95. The quantitative estimate of drug-likeness (QED) is 0.645. The molecule has 0 radical (unpaired) electrons. The van der Waals surface area contributed by atoms with Gasteiger partial charge in [-0.3, -0.25) is 4.79 Å². The Balaban J connectivity index is 1.59. The van der Waals surface area contributed by atoms with Gasteiger partial charge >= 0.3 is 0 Å². The van der Waals surface area contributed by atoms with Crippen LogP contribution in [-0.2, 0) is 10.0 Å². The van der Waals surface area contributed by atoms with E-state index in [0.29, 0.717) is 37.8 Å². The largest absolute Gasteiger partial charge is 0.490 e. The highest BCUT2D eigenvalue weighted by atomic mass is 35.5. The number of sulfonamides is 1. The Bertz CT molecular complexity index is 1130. The van der Waals surface area contributed by atoms with Gasteiger partial charge in [0, 0.05) is 25.1 Å². The van der Waals surface area contributed by atoms with Gasteiger partial charge in [0.2, 0.25) is 10.0 Å². The molecule has 1 unspecified atom stereocenters. The van der Waals surface area contributed by atoms with Crippen LogP contribution in [0.2, 0.25) is 5.02 Å². The van der Waals surface area contributed by atoms with Gasteiger partial charge in [0.25, 0.3) is 5.91 Å². The maximum atomic E-state index is 13.2. The molecule has 2 aliphatic heterocycles. The molecule has 7 nitrogen and oxygen atoms in total. The van der Waals surface area contributed by atoms with E-state index in [1.54, 1.807) is 6.07 Å². The van der Waals surface area contributed by atoms with Gasteiger partial charge < -0.3 is 14.8 Å². The third-order valence-electron chi connectivity index (χ3n) is 5.96. The first-order valence-electron chi connectivity index (χ1n) is 11.3. The Labute approximate surface area is 200 Å². The molecule has 33 heavy (non-hydrogen) atoms. The highest BCUT2D eigenvalue weighted by molar-refractivity contribution is 7.89. The van der Waals surface area contributed by atoms with Crippen LogP contribution >= 0.6 is 11.6 Å². The summed E-state index contributed by atoms with van der Waals surface area (Å²) in [6.07, 6.45) is 2.46. The maximum absolute atomic E-state index is 13.2. The number of carbonyl (C=O) groups excluding carboxylic acids is 1. The van der Waals surface area contributed by atoms with E-state index < -0.39 is 10.0 Å². The lowest BCUT2D eigenvalue weighted by molar-refractivity contribution is 0.0925. The van der Waals surface area contributed by atoms with E-state index in [4.69, 9.17) is 21.1 Å². The monoisotopic (exact) mass is 492 g/mol. The van der Waals surface area contributed by atoms with Crippen molar-refractivity contribution >= 4 is 27.5 Å². The summed E-state index contributed by atoms with van der Waals surface area (Å²) in [5.74, 6) is 1.07. The van der Waals surface area contributed by atoms with Crippen molar-refractivity contribution in [1.29, 1.82) is 0 Å². The first-order chi connectivity index (χ1) is 15.8. The van der Waals surface area contributed by atoms with Crippen LogP contribution in [0.25, 0.3) is 0 Å². The molecular weight excluding hydrogens is 464 g/mol. The molecule has 0 saturated carbocycles. The smallest absolute Gasteiger partial charge is 0.251 e. The van der Waals surface area contributed by atoms with Gasteiger partial charge in [-0.2, -0.15) is 4.31 Å². The number of hydrogen-bond donors (Lipinski definition) is 1. The third-order valence-corrected chi connectivity index (χ3v) is 8.34. The van der Waals surface area contributed by atoms with Crippen LogP contribution in [0.3, 0.4) is 0 Å². The number of hydrogen-bond acceptors (Lipinski definition) is 5. The number of carbonyl (C=O) groups is 1. The van der Waals surface area contributed by atoms with E-state index >= 15 is 0 Å². The molecule has 1 amide bonds. The van der Waals surface area contributed by atoms with E-state index in [9.17, 15) is 13.2 Å². The molecule has 0 bridgehead atoms. The zero-order valence-electron chi connectivity index (χ0n) is 18.8. The number of rotatable bonds is 6. The van der Waals surface area contributed by atoms with Crippen molar-refractivity contribution in [3.05, 3.63) is 52.5 Å². The molecule has 0 aliphatic carbocycles. The van der Waals surface area contributed by atoms with Gasteiger partial charge in [-0.1, -0.05) is 31.5 Å². The maximum Gasteiger partial charge on any atom is 0.251 e. The minimum Gasteiger partial charge on any atom is -0.490 e. The van der Waals surface area contributed by atoms with Gasteiger partial charge in [0.15, 0.2) is 11.5 Å². The van der Waals surface area contributed by atoms with Crippen LogP contribution in [0.15, 0.2) is 41.3 Å². The molecule has 1 N–H and O–H groups in total. The van der Waals surface area contributed by atoms with E-state index in [1.165, 1.54) is 16.4 Å². The van der Waals surface area contributed by atoms with Gasteiger partial charge in [-0.15, -0.1) is 0 Å². The normalized spacial score (nSPS) is 17.6. The second-order valence-electron chi connectivity index (χ2n) is 8.71. The molecule has 178 valence electrons. The average molecular weight is 493 g/mol. The van der Waals surface area contributed by atoms with Crippen LogP contribution in [-0.4, -0.2) is 44.9 Å². The van der Waals surface area contributed by atoms with Crippen molar-refractivity contribution in [2.24, 2.45) is 5.92 Å². The average Bonchev–Trinajstić information content (AvgIpc) is 3.24. The molecule has 4 rings (SSSR count). The minimum atomic E-state index is -3.75. The zero-order chi connectivity index (χ0) is 23.6. The summed E-state index contributed by atoms with van der Waals surface area (Å²) in [4.78, 5) is 13.1. The number of amides is 1. The summed E-state index contributed by atoms with van der Waals surface area (Å²) in [5.41, 5.74) is 1.14. The highest BCUT2D eigenvalue weighted by Crippen LogP contribution is 2.34. The summed E-state index contributed by atoms with van der Waals surface area (Å²) < 4.78 is 39.0. The molecule has 1 atom stereocenters. The van der Waals surface area contributed by atoms with E-state index in [2.05, 4.69) is 5.32 Å². The lowest BCUT2D eigenvalue weighted by Crippen LogP contribution is -2.32. The van der Waals surface area contributed by atoms with Crippen LogP contribution in [0.4, 0.5) is 0 Å². The highest BCUT2D eigenvalue weighted by Gasteiger charge is 2.30. The Morgan fingerprint density at radius 2 is 1.70 bits per heavy atom. The van der Waals surface area contributed by atoms with Crippen molar-refractivity contribution in [3.8, 4) is 11.5 Å². The standard InChI is InChI=1S/C24H29ClN2O5S/c1-16(2)23(17-7-9-20-21(14-17)32-13-5-12-31-20)26-24(28)18-6-8-19(25)22(15-18)33(29,30)27-10-3-4-11-27/h6-9,14-16,23H,3-5,10-13H2,1-2H3,(H,26,28). The molecule has 0 aromatic heterocycles. The first kappa shape index (κ1) is 23.9. The predicted molar refractivity (Wildman–Crippen MR) is 127 cm³/mol. The molecule has 2 heterocycles. The molecule has 1 fully saturated rings. The fraction of sp³-hybridized carbons (Fsp3) is 0.458. The molecule has 9 heteroatoms. The Kier molecular flexibility index (Phi) is 7.16. The van der Waals surface area contributed by atoms with Crippen LogP contribution in [0, 0.1) is 5.92 Å². The third kappa shape index (κ3) is 5.13. The molecule has 2 aromatic rings. The summed E-state index contributed by atoms with van der Waals surface area (Å²) in [6.45, 7) is 6.14. The topological polar surface area (TPSA) is 84.9 Å². The molecule has 2 aromatic carbocycles. The fourth-order valence-corrected chi connectivity index (χ4v) is 6.16. The SMILES string of the molecule is CC(C)C(NC(=O)c1ccc(Cl)c(S(=O)(=O)N2CCCC2)c1)c1ccc2c(c1)OCCCO2. The summed E-state index contributed by atoms with van der Waals surface area (Å²) in [6, 6.07) is 9.77. The van der Waals surface area contributed by atoms with Crippen molar-refractivity contribution in [2.75, 3.05) is 26.3 Å². The van der Waals surface area contributed by atoms with E-state index in [0.717, 1.165) is 24.8 Å². The van der Waals surface area contributed by atoms with Crippen molar-refractivity contribution in [1.82, 2.24) is 9.62 Å². The summed E-state index contributed by atoms with van der Waals surface area (Å²) >= 11 is 6.23. The Hall–Kier alpha value is -2.29. The molecule has 1 saturated heterocycles. The van der Waals surface area contributed by atoms with Crippen molar-refractivity contribution in [2.45, 2.75) is 44.0 Å². The second kappa shape index (κ2) is 9.91. The Morgan fingerprint density at radius 1 is 1.00 bits per heavy atom. The van der Waals surface area contributed by atoms with E-state index in [1.807, 2.05) is 32.0 Å². The van der Waals surface area contributed by atoms with Gasteiger partial charge in [0.1, 0.15) is 4.90 Å². The van der Waals surface area contributed by atoms with Crippen LogP contribution in [0.5, 0.6) is 11.5 Å². The number of ether oxygens (including phenoxy) is 2. The minimum absolute atomic E-state index is 0.0320. The number of nitrogens with zero attached hydrogens (tertiary/aromatic N) is 1. The fourth-order valence-electron chi connectivity index (χ4n) is 4.14. The summed E-state index contributed by atoms with van der Waals surface area (Å²) in [5, 5.41) is 3.17. The molecule has 0 spiro atoms. The van der Waals surface area contributed by atoms with Crippen LogP contribution < -0.4 is 14.8 Å². The second-order valence-corrected chi connectivity index (χ2v) is 11.0. The van der Waals surface area contributed by atoms with Gasteiger partial charge in [-0.25, -0.2) is 8.42 Å². The van der Waals surface area contributed by atoms with E-state index in [-0.39, 0.29) is 33.3 Å². The molecule has 2 aliphatic rings.